The minimum absolute atomic E-state index is 0.0665. The number of furan rings is 1. The summed E-state index contributed by atoms with van der Waals surface area (Å²) in [5, 5.41) is 11.5. The number of hydrogen-bond acceptors (Lipinski definition) is 8. The highest BCUT2D eigenvalue weighted by molar-refractivity contribution is 7.17. The third-order valence-corrected chi connectivity index (χ3v) is 7.52. The number of thiophene rings is 1. The topological polar surface area (TPSA) is 110 Å². The quantitative estimate of drug-likeness (QED) is 0.295. The van der Waals surface area contributed by atoms with E-state index in [2.05, 4.69) is 0 Å². The van der Waals surface area contributed by atoms with E-state index in [0.717, 1.165) is 16.9 Å². The number of amides is 2. The van der Waals surface area contributed by atoms with Crippen LogP contribution in [0.25, 0.3) is 22.0 Å². The van der Waals surface area contributed by atoms with Crippen LogP contribution in [0.5, 0.6) is 0 Å². The van der Waals surface area contributed by atoms with Gasteiger partial charge in [0.25, 0.3) is 11.8 Å². The van der Waals surface area contributed by atoms with Crippen molar-refractivity contribution in [3.8, 4) is 22.0 Å². The molecular formula is C23H18N4O5S2. The average Bonchev–Trinajstić information content (AvgIpc) is 3.64. The second-order valence-electron chi connectivity index (χ2n) is 7.52. The summed E-state index contributed by atoms with van der Waals surface area (Å²) < 4.78 is 5.49. The third-order valence-electron chi connectivity index (χ3n) is 5.44. The molecule has 0 unspecified atom stereocenters. The zero-order chi connectivity index (χ0) is 23.7. The predicted molar refractivity (Wildman–Crippen MR) is 128 cm³/mol. The van der Waals surface area contributed by atoms with Gasteiger partial charge in [-0.2, -0.15) is 0 Å². The van der Waals surface area contributed by atoms with Gasteiger partial charge in [-0.15, -0.1) is 11.3 Å². The molecule has 0 spiro atoms. The molecule has 0 saturated carbocycles. The zero-order valence-corrected chi connectivity index (χ0v) is 19.4. The van der Waals surface area contributed by atoms with E-state index >= 15 is 0 Å². The average molecular weight is 495 g/mol. The zero-order valence-electron chi connectivity index (χ0n) is 17.7. The first-order valence-electron chi connectivity index (χ1n) is 10.4. The summed E-state index contributed by atoms with van der Waals surface area (Å²) in [7, 11) is 0. The maximum Gasteiger partial charge on any atom is 0.324 e. The Balaban J connectivity index is 1.34. The number of nitro groups is 1. The summed E-state index contributed by atoms with van der Waals surface area (Å²) in [5.74, 6) is 0.197. The molecule has 4 heterocycles. The van der Waals surface area contributed by atoms with Gasteiger partial charge in [-0.1, -0.05) is 41.7 Å². The van der Waals surface area contributed by atoms with Gasteiger partial charge in [0.1, 0.15) is 4.88 Å². The van der Waals surface area contributed by atoms with Gasteiger partial charge in [-0.25, -0.2) is 4.98 Å². The minimum Gasteiger partial charge on any atom is -0.462 e. The molecule has 0 N–H and O–H groups in total. The van der Waals surface area contributed by atoms with Crippen LogP contribution < -0.4 is 0 Å². The Kier molecular flexibility index (Phi) is 5.95. The Morgan fingerprint density at radius 3 is 2.24 bits per heavy atom. The number of piperazine rings is 1. The standard InChI is InChI=1S/C23H18N4O5S2/c28-22(17-8-9-18(33-17)27(30)31)25-10-12-26(13-11-25)23(29)20-19(15-5-2-1-3-6-15)24-21(34-20)16-7-4-14-32-16/h1-9,14H,10-13H2. The number of carbonyl (C=O) groups is 2. The smallest absolute Gasteiger partial charge is 0.324 e. The van der Waals surface area contributed by atoms with Crippen LogP contribution in [-0.4, -0.2) is 57.7 Å². The highest BCUT2D eigenvalue weighted by Gasteiger charge is 2.30. The Morgan fingerprint density at radius 2 is 1.62 bits per heavy atom. The monoisotopic (exact) mass is 494 g/mol. The fourth-order valence-electron chi connectivity index (χ4n) is 3.72. The molecule has 9 nitrogen and oxygen atoms in total. The van der Waals surface area contributed by atoms with E-state index in [0.29, 0.717) is 52.4 Å². The Morgan fingerprint density at radius 1 is 0.912 bits per heavy atom. The van der Waals surface area contributed by atoms with Crippen LogP contribution >= 0.6 is 22.7 Å². The fourth-order valence-corrected chi connectivity index (χ4v) is 5.53. The first-order valence-corrected chi connectivity index (χ1v) is 12.1. The maximum atomic E-state index is 13.5. The number of nitrogens with zero attached hydrogens (tertiary/aromatic N) is 4. The molecule has 34 heavy (non-hydrogen) atoms. The van der Waals surface area contributed by atoms with E-state index in [-0.39, 0.29) is 16.8 Å². The van der Waals surface area contributed by atoms with E-state index < -0.39 is 4.92 Å². The van der Waals surface area contributed by atoms with Crippen LogP contribution in [0.2, 0.25) is 0 Å². The highest BCUT2D eigenvalue weighted by Crippen LogP contribution is 2.35. The highest BCUT2D eigenvalue weighted by atomic mass is 32.1. The summed E-state index contributed by atoms with van der Waals surface area (Å²) >= 11 is 2.15. The molecule has 11 heteroatoms. The molecule has 0 bridgehead atoms. The molecule has 1 saturated heterocycles. The van der Waals surface area contributed by atoms with Crippen LogP contribution in [0.4, 0.5) is 5.00 Å². The van der Waals surface area contributed by atoms with Crippen LogP contribution in [0.1, 0.15) is 19.3 Å². The van der Waals surface area contributed by atoms with Gasteiger partial charge in [-0.3, -0.25) is 19.7 Å². The number of carbonyl (C=O) groups excluding carboxylic acids is 2. The molecule has 4 aromatic rings. The first kappa shape index (κ1) is 22.0. The molecule has 2 amide bonds. The number of benzene rings is 1. The first-order chi connectivity index (χ1) is 16.5. The number of rotatable bonds is 5. The molecular weight excluding hydrogens is 476 g/mol. The lowest BCUT2D eigenvalue weighted by Gasteiger charge is -2.34. The second kappa shape index (κ2) is 9.20. The molecule has 3 aromatic heterocycles. The van der Waals surface area contributed by atoms with Crippen molar-refractivity contribution in [2.75, 3.05) is 26.2 Å². The van der Waals surface area contributed by atoms with E-state index in [4.69, 9.17) is 9.40 Å². The summed E-state index contributed by atoms with van der Waals surface area (Å²) in [6.07, 6.45) is 1.57. The van der Waals surface area contributed by atoms with Crippen molar-refractivity contribution in [1.29, 1.82) is 0 Å². The van der Waals surface area contributed by atoms with Crippen molar-refractivity contribution >= 4 is 39.5 Å². The molecule has 5 rings (SSSR count). The molecule has 1 aromatic carbocycles. The minimum atomic E-state index is -0.506. The number of aromatic nitrogens is 1. The second-order valence-corrected chi connectivity index (χ2v) is 9.58. The molecule has 1 aliphatic rings. The van der Waals surface area contributed by atoms with Crippen molar-refractivity contribution in [1.82, 2.24) is 14.8 Å². The Hall–Kier alpha value is -3.83. The van der Waals surface area contributed by atoms with Crippen molar-refractivity contribution in [2.24, 2.45) is 0 Å². The van der Waals surface area contributed by atoms with Gasteiger partial charge in [-0.05, 0) is 18.2 Å². The van der Waals surface area contributed by atoms with Gasteiger partial charge in [0.2, 0.25) is 0 Å². The van der Waals surface area contributed by atoms with Crippen LogP contribution in [-0.2, 0) is 0 Å². The van der Waals surface area contributed by atoms with Gasteiger partial charge >= 0.3 is 5.00 Å². The lowest BCUT2D eigenvalue weighted by Crippen LogP contribution is -2.50. The van der Waals surface area contributed by atoms with E-state index in [1.165, 1.54) is 23.5 Å². The summed E-state index contributed by atoms with van der Waals surface area (Å²) in [4.78, 5) is 45.5. The molecule has 1 aliphatic heterocycles. The lowest BCUT2D eigenvalue weighted by atomic mass is 10.1. The Bertz CT molecular complexity index is 1340. The van der Waals surface area contributed by atoms with E-state index in [1.54, 1.807) is 28.2 Å². The van der Waals surface area contributed by atoms with Crippen molar-refractivity contribution in [2.45, 2.75) is 0 Å². The Labute approximate surface area is 202 Å². The number of thiazole rings is 1. The van der Waals surface area contributed by atoms with E-state index in [1.807, 2.05) is 30.3 Å². The van der Waals surface area contributed by atoms with Crippen molar-refractivity contribution in [3.05, 3.63) is 80.7 Å². The molecule has 0 aliphatic carbocycles. The van der Waals surface area contributed by atoms with Crippen molar-refractivity contribution in [3.63, 3.8) is 0 Å². The molecule has 172 valence electrons. The number of hydrogen-bond donors (Lipinski definition) is 0. The van der Waals surface area contributed by atoms with Gasteiger partial charge < -0.3 is 14.2 Å². The molecule has 0 radical (unpaired) electrons. The van der Waals surface area contributed by atoms with Crippen LogP contribution in [0.15, 0.2) is 65.3 Å². The van der Waals surface area contributed by atoms with E-state index in [9.17, 15) is 19.7 Å². The predicted octanol–water partition coefficient (Wildman–Crippen LogP) is 4.64. The lowest BCUT2D eigenvalue weighted by molar-refractivity contribution is -0.380. The van der Waals surface area contributed by atoms with Crippen molar-refractivity contribution < 1.29 is 18.9 Å². The third kappa shape index (κ3) is 4.22. The largest absolute Gasteiger partial charge is 0.462 e. The maximum absolute atomic E-state index is 13.5. The van der Waals surface area contributed by atoms with Gasteiger partial charge in [0.05, 0.1) is 21.8 Å². The summed E-state index contributed by atoms with van der Waals surface area (Å²) in [5.41, 5.74) is 1.44. The molecule has 1 fully saturated rings. The normalized spacial score (nSPS) is 13.8. The SMILES string of the molecule is O=C(c1ccc([N+](=O)[O-])s1)N1CCN(C(=O)c2sc(-c3ccco3)nc2-c2ccccc2)CC1. The van der Waals surface area contributed by atoms with Crippen LogP contribution in [0.3, 0.4) is 0 Å². The summed E-state index contributed by atoms with van der Waals surface area (Å²) in [6, 6.07) is 15.9. The van der Waals surface area contributed by atoms with Gasteiger partial charge in [0, 0.05) is 37.8 Å². The van der Waals surface area contributed by atoms with Crippen LogP contribution in [0, 0.1) is 10.1 Å². The molecule has 0 atom stereocenters. The van der Waals surface area contributed by atoms with Gasteiger partial charge in [0.15, 0.2) is 10.8 Å². The summed E-state index contributed by atoms with van der Waals surface area (Å²) in [6.45, 7) is 1.42. The fraction of sp³-hybridized carbons (Fsp3) is 0.174.